The fraction of sp³-hybridized carbons (Fsp3) is 0.0714. The second-order valence-electron chi connectivity index (χ2n) is 4.65. The Balaban J connectivity index is 2.64. The molecule has 0 fully saturated rings. The second-order valence-corrected chi connectivity index (χ2v) is 8.17. The molecule has 10 heteroatoms. The zero-order valence-electron chi connectivity index (χ0n) is 11.8. The van der Waals surface area contributed by atoms with Crippen LogP contribution in [0.4, 0.5) is 5.69 Å². The highest BCUT2D eigenvalue weighted by Gasteiger charge is 2.28. The summed E-state index contributed by atoms with van der Waals surface area (Å²) < 4.78 is 26.6. The number of carbonyl (C=O) groups is 1. The van der Waals surface area contributed by atoms with Gasteiger partial charge in [0.2, 0.25) is 5.91 Å². The zero-order valence-corrected chi connectivity index (χ0v) is 15.7. The number of nitrogens with zero attached hydrogens (tertiary/aromatic N) is 1. The molecule has 0 unspecified atom stereocenters. The van der Waals surface area contributed by atoms with Crippen LogP contribution < -0.4 is 10.0 Å². The minimum Gasteiger partial charge on any atom is -0.368 e. The van der Waals surface area contributed by atoms with Crippen LogP contribution in [0.5, 0.6) is 0 Å². The molecule has 2 aromatic rings. The summed E-state index contributed by atoms with van der Waals surface area (Å²) in [4.78, 5) is 11.2. The van der Waals surface area contributed by atoms with Gasteiger partial charge < -0.3 is 5.73 Å². The van der Waals surface area contributed by atoms with Gasteiger partial charge in [-0.25, -0.2) is 8.42 Å². The normalized spacial score (nSPS) is 11.3. The van der Waals surface area contributed by atoms with Gasteiger partial charge in [0.15, 0.2) is 0 Å². The fourth-order valence-corrected chi connectivity index (χ4v) is 4.15. The lowest BCUT2D eigenvalue weighted by Crippen LogP contribution is -2.38. The number of hydrogen-bond donors (Lipinski definition) is 1. The maximum atomic E-state index is 12.9. The van der Waals surface area contributed by atoms with E-state index in [1.165, 1.54) is 36.4 Å². The van der Waals surface area contributed by atoms with Crippen molar-refractivity contribution in [2.45, 2.75) is 4.90 Å². The second kappa shape index (κ2) is 7.37. The number of anilines is 1. The molecule has 0 heterocycles. The van der Waals surface area contributed by atoms with Gasteiger partial charge in [0.05, 0.1) is 25.7 Å². The molecule has 0 saturated heterocycles. The third kappa shape index (κ3) is 4.07. The lowest BCUT2D eigenvalue weighted by Gasteiger charge is -2.24. The topological polar surface area (TPSA) is 80.5 Å². The predicted molar refractivity (Wildman–Crippen MR) is 96.7 cm³/mol. The van der Waals surface area contributed by atoms with Crippen molar-refractivity contribution < 1.29 is 13.2 Å². The van der Waals surface area contributed by atoms with E-state index in [2.05, 4.69) is 0 Å². The van der Waals surface area contributed by atoms with E-state index in [0.29, 0.717) is 0 Å². The Morgan fingerprint density at radius 2 is 1.58 bits per heavy atom. The van der Waals surface area contributed by atoms with Crippen LogP contribution in [0.15, 0.2) is 41.3 Å². The monoisotopic (exact) mass is 426 g/mol. The Morgan fingerprint density at radius 1 is 0.958 bits per heavy atom. The van der Waals surface area contributed by atoms with Gasteiger partial charge in [-0.1, -0.05) is 46.4 Å². The van der Waals surface area contributed by atoms with E-state index in [1.807, 2.05) is 0 Å². The molecular weight excluding hydrogens is 418 g/mol. The first kappa shape index (κ1) is 19.1. The summed E-state index contributed by atoms with van der Waals surface area (Å²) in [5.74, 6) is -0.866. The van der Waals surface area contributed by atoms with Crippen molar-refractivity contribution >= 4 is 68.0 Å². The highest BCUT2D eigenvalue weighted by Crippen LogP contribution is 2.34. The first-order valence-corrected chi connectivity index (χ1v) is 9.29. The van der Waals surface area contributed by atoms with Crippen LogP contribution in [0.3, 0.4) is 0 Å². The standard InChI is InChI=1S/C14H10Cl4N2O3S/c15-8-1-3-11(17)13(5-8)20(7-14(19)21)24(22,23)9-2-4-10(16)12(18)6-9/h1-6H,7H2,(H2,19,21). The first-order valence-electron chi connectivity index (χ1n) is 6.34. The Hall–Kier alpha value is -1.18. The van der Waals surface area contributed by atoms with Gasteiger partial charge in [0.1, 0.15) is 6.54 Å². The average Bonchev–Trinajstić information content (AvgIpc) is 2.50. The van der Waals surface area contributed by atoms with Crippen molar-refractivity contribution in [1.82, 2.24) is 0 Å². The summed E-state index contributed by atoms with van der Waals surface area (Å²) in [6.07, 6.45) is 0. The minimum absolute atomic E-state index is 0.0223. The number of benzene rings is 2. The number of nitrogens with two attached hydrogens (primary N) is 1. The molecule has 24 heavy (non-hydrogen) atoms. The van der Waals surface area contributed by atoms with E-state index in [-0.39, 0.29) is 30.7 Å². The highest BCUT2D eigenvalue weighted by molar-refractivity contribution is 7.92. The van der Waals surface area contributed by atoms with Crippen LogP contribution in [0, 0.1) is 0 Å². The molecule has 0 aromatic heterocycles. The molecule has 0 aliphatic carbocycles. The Kier molecular flexibility index (Phi) is 5.88. The molecule has 0 radical (unpaired) electrons. The average molecular weight is 428 g/mol. The number of primary amides is 1. The zero-order chi connectivity index (χ0) is 18.1. The van der Waals surface area contributed by atoms with Crippen LogP contribution in [-0.2, 0) is 14.8 Å². The lowest BCUT2D eigenvalue weighted by molar-refractivity contribution is -0.116. The SMILES string of the molecule is NC(=O)CN(c1cc(Cl)ccc1Cl)S(=O)(=O)c1ccc(Cl)c(Cl)c1. The van der Waals surface area contributed by atoms with Crippen LogP contribution in [0.25, 0.3) is 0 Å². The van der Waals surface area contributed by atoms with E-state index in [1.54, 1.807) is 0 Å². The molecule has 0 aliphatic heterocycles. The van der Waals surface area contributed by atoms with E-state index in [9.17, 15) is 13.2 Å². The summed E-state index contributed by atoms with van der Waals surface area (Å²) in [6, 6.07) is 7.99. The van der Waals surface area contributed by atoms with Gasteiger partial charge in [0.25, 0.3) is 10.0 Å². The Labute approximate surface area is 158 Å². The van der Waals surface area contributed by atoms with Gasteiger partial charge in [-0.15, -0.1) is 0 Å². The number of rotatable bonds is 5. The summed E-state index contributed by atoms with van der Waals surface area (Å²) in [7, 11) is -4.18. The number of hydrogen-bond acceptors (Lipinski definition) is 3. The molecule has 1 amide bonds. The van der Waals surface area contributed by atoms with Gasteiger partial charge in [-0.3, -0.25) is 9.10 Å². The molecule has 128 valence electrons. The van der Waals surface area contributed by atoms with Crippen molar-refractivity contribution in [2.75, 3.05) is 10.8 Å². The van der Waals surface area contributed by atoms with Gasteiger partial charge in [-0.2, -0.15) is 0 Å². The lowest BCUT2D eigenvalue weighted by atomic mass is 10.3. The summed E-state index contributed by atoms with van der Waals surface area (Å²) in [5.41, 5.74) is 5.20. The molecule has 0 atom stereocenters. The van der Waals surface area contributed by atoms with Crippen LogP contribution in [-0.4, -0.2) is 20.9 Å². The largest absolute Gasteiger partial charge is 0.368 e. The number of halogens is 4. The summed E-state index contributed by atoms with van der Waals surface area (Å²) in [5, 5.41) is 0.573. The Bertz CT molecular complexity index is 903. The number of sulfonamides is 1. The van der Waals surface area contributed by atoms with E-state index < -0.39 is 22.5 Å². The third-order valence-corrected chi connectivity index (χ3v) is 6.00. The molecule has 5 nitrogen and oxygen atoms in total. The number of amides is 1. The third-order valence-electron chi connectivity index (χ3n) is 2.96. The van der Waals surface area contributed by atoms with Gasteiger partial charge in [0, 0.05) is 5.02 Å². The molecule has 2 aromatic carbocycles. The summed E-state index contributed by atoms with van der Waals surface area (Å²) >= 11 is 23.6. The molecular formula is C14H10Cl4N2O3S. The maximum Gasteiger partial charge on any atom is 0.264 e. The molecule has 0 spiro atoms. The molecule has 0 aliphatic rings. The van der Waals surface area contributed by atoms with Crippen molar-refractivity contribution in [3.63, 3.8) is 0 Å². The quantitative estimate of drug-likeness (QED) is 0.783. The first-order chi connectivity index (χ1) is 11.1. The molecule has 2 N–H and O–H groups in total. The van der Waals surface area contributed by atoms with E-state index in [4.69, 9.17) is 52.1 Å². The summed E-state index contributed by atoms with van der Waals surface area (Å²) in [6.45, 7) is -0.622. The van der Waals surface area contributed by atoms with Crippen molar-refractivity contribution in [3.8, 4) is 0 Å². The van der Waals surface area contributed by atoms with Crippen molar-refractivity contribution in [2.24, 2.45) is 5.73 Å². The van der Waals surface area contributed by atoms with E-state index >= 15 is 0 Å². The van der Waals surface area contributed by atoms with E-state index in [0.717, 1.165) is 4.31 Å². The van der Waals surface area contributed by atoms with Crippen LogP contribution >= 0.6 is 46.4 Å². The number of carbonyl (C=O) groups excluding carboxylic acids is 1. The molecule has 0 saturated carbocycles. The molecule has 2 rings (SSSR count). The van der Waals surface area contributed by atoms with Crippen LogP contribution in [0.2, 0.25) is 20.1 Å². The van der Waals surface area contributed by atoms with Crippen molar-refractivity contribution in [3.05, 3.63) is 56.5 Å². The van der Waals surface area contributed by atoms with Gasteiger partial charge >= 0.3 is 0 Å². The van der Waals surface area contributed by atoms with Gasteiger partial charge in [-0.05, 0) is 36.4 Å². The molecule has 0 bridgehead atoms. The maximum absolute atomic E-state index is 12.9. The van der Waals surface area contributed by atoms with Crippen molar-refractivity contribution in [1.29, 1.82) is 0 Å². The Morgan fingerprint density at radius 3 is 2.17 bits per heavy atom. The predicted octanol–water partition coefficient (Wildman–Crippen LogP) is 3.98. The highest BCUT2D eigenvalue weighted by atomic mass is 35.5. The van der Waals surface area contributed by atoms with Crippen LogP contribution in [0.1, 0.15) is 0 Å². The fourth-order valence-electron chi connectivity index (χ4n) is 1.88. The minimum atomic E-state index is -4.18. The smallest absolute Gasteiger partial charge is 0.264 e.